The fraction of sp³-hybridized carbons (Fsp3) is 0.400. The van der Waals surface area contributed by atoms with Crippen molar-refractivity contribution >= 4 is 0 Å². The predicted octanol–water partition coefficient (Wildman–Crippen LogP) is 4.36. The molecule has 22 heavy (non-hydrogen) atoms. The summed E-state index contributed by atoms with van der Waals surface area (Å²) in [5, 5.41) is 17.9. The summed E-state index contributed by atoms with van der Waals surface area (Å²) in [6.45, 7) is 6.62. The van der Waals surface area contributed by atoms with E-state index in [9.17, 15) is 0 Å². The van der Waals surface area contributed by atoms with E-state index in [1.807, 2.05) is 44.2 Å². The lowest BCUT2D eigenvalue weighted by molar-refractivity contribution is 0.258. The summed E-state index contributed by atoms with van der Waals surface area (Å²) in [7, 11) is 0. The third-order valence-electron chi connectivity index (χ3n) is 3.59. The molecule has 0 spiro atoms. The van der Waals surface area contributed by atoms with Gasteiger partial charge in [0.15, 0.2) is 0 Å². The van der Waals surface area contributed by atoms with Crippen LogP contribution in [-0.4, -0.2) is 16.8 Å². The molecular formula is C20H28O2. The minimum Gasteiger partial charge on any atom is -0.396 e. The van der Waals surface area contributed by atoms with Crippen molar-refractivity contribution < 1.29 is 10.2 Å². The van der Waals surface area contributed by atoms with Crippen LogP contribution in [0.2, 0.25) is 0 Å². The van der Waals surface area contributed by atoms with Crippen LogP contribution in [0.4, 0.5) is 0 Å². The van der Waals surface area contributed by atoms with Crippen LogP contribution >= 0.6 is 0 Å². The number of hydrogen-bond acceptors (Lipinski definition) is 2. The van der Waals surface area contributed by atoms with Gasteiger partial charge in [0.25, 0.3) is 0 Å². The van der Waals surface area contributed by atoms with E-state index >= 15 is 0 Å². The molecule has 0 bridgehead atoms. The van der Waals surface area contributed by atoms with Crippen LogP contribution in [0.25, 0.3) is 0 Å². The van der Waals surface area contributed by atoms with E-state index in [1.165, 1.54) is 16.7 Å². The predicted molar refractivity (Wildman–Crippen MR) is 93.0 cm³/mol. The SMILES string of the molecule is CCCC(CO)c1ccccc1.Cc1cc(C)cc(CO)c1. The molecule has 120 valence electrons. The smallest absolute Gasteiger partial charge is 0.0682 e. The van der Waals surface area contributed by atoms with E-state index in [0.717, 1.165) is 18.4 Å². The Bertz CT molecular complexity index is 514. The molecule has 0 saturated carbocycles. The molecule has 0 aliphatic rings. The van der Waals surface area contributed by atoms with Crippen LogP contribution in [0.3, 0.4) is 0 Å². The minimum absolute atomic E-state index is 0.141. The maximum Gasteiger partial charge on any atom is 0.0682 e. The van der Waals surface area contributed by atoms with Gasteiger partial charge < -0.3 is 10.2 Å². The maximum absolute atomic E-state index is 9.11. The van der Waals surface area contributed by atoms with Crippen LogP contribution in [0.5, 0.6) is 0 Å². The second kappa shape index (κ2) is 10.1. The van der Waals surface area contributed by atoms with Crippen LogP contribution in [-0.2, 0) is 6.61 Å². The maximum atomic E-state index is 9.11. The highest BCUT2D eigenvalue weighted by Crippen LogP contribution is 2.19. The molecule has 0 radical (unpaired) electrons. The van der Waals surface area contributed by atoms with Crippen molar-refractivity contribution in [2.75, 3.05) is 6.61 Å². The molecule has 2 nitrogen and oxygen atoms in total. The molecular weight excluding hydrogens is 272 g/mol. The first-order valence-electron chi connectivity index (χ1n) is 7.94. The van der Waals surface area contributed by atoms with Gasteiger partial charge in [-0.05, 0) is 31.4 Å². The van der Waals surface area contributed by atoms with Crippen molar-refractivity contribution in [2.45, 2.75) is 46.1 Å². The van der Waals surface area contributed by atoms with Gasteiger partial charge in [-0.2, -0.15) is 0 Å². The molecule has 0 amide bonds. The number of rotatable bonds is 5. The van der Waals surface area contributed by atoms with E-state index in [4.69, 9.17) is 10.2 Å². The Hall–Kier alpha value is -1.64. The standard InChI is InChI=1S/C11H16O.C9H12O/c1-2-6-11(9-12)10-7-4-3-5-8-10;1-7-3-8(2)5-9(4-7)6-10/h3-5,7-8,11-12H,2,6,9H2,1H3;3-5,10H,6H2,1-2H3. The zero-order chi connectivity index (χ0) is 16.4. The molecule has 2 aromatic carbocycles. The van der Waals surface area contributed by atoms with Crippen molar-refractivity contribution in [3.8, 4) is 0 Å². The van der Waals surface area contributed by atoms with E-state index in [1.54, 1.807) is 0 Å². The van der Waals surface area contributed by atoms with Crippen LogP contribution < -0.4 is 0 Å². The largest absolute Gasteiger partial charge is 0.396 e. The van der Waals surface area contributed by atoms with E-state index < -0.39 is 0 Å². The lowest BCUT2D eigenvalue weighted by Gasteiger charge is -2.12. The molecule has 0 aromatic heterocycles. The highest BCUT2D eigenvalue weighted by Gasteiger charge is 2.07. The van der Waals surface area contributed by atoms with Crippen LogP contribution in [0.15, 0.2) is 48.5 Å². The fourth-order valence-electron chi connectivity index (χ4n) is 2.60. The Kier molecular flexibility index (Phi) is 8.49. The van der Waals surface area contributed by atoms with Crippen LogP contribution in [0.1, 0.15) is 47.9 Å². The second-order valence-electron chi connectivity index (χ2n) is 5.73. The highest BCUT2D eigenvalue weighted by molar-refractivity contribution is 5.27. The summed E-state index contributed by atoms with van der Waals surface area (Å²) in [5.74, 6) is 0.330. The molecule has 0 heterocycles. The van der Waals surface area contributed by atoms with E-state index in [-0.39, 0.29) is 13.2 Å². The van der Waals surface area contributed by atoms with E-state index in [2.05, 4.69) is 25.1 Å². The van der Waals surface area contributed by atoms with Gasteiger partial charge in [-0.3, -0.25) is 0 Å². The first-order chi connectivity index (χ1) is 10.6. The topological polar surface area (TPSA) is 40.5 Å². The monoisotopic (exact) mass is 300 g/mol. The van der Waals surface area contributed by atoms with Gasteiger partial charge in [-0.15, -0.1) is 0 Å². The summed E-state index contributed by atoms with van der Waals surface area (Å²) < 4.78 is 0. The minimum atomic E-state index is 0.141. The molecule has 1 atom stereocenters. The van der Waals surface area contributed by atoms with Crippen molar-refractivity contribution in [3.05, 3.63) is 70.8 Å². The first-order valence-corrected chi connectivity index (χ1v) is 7.94. The lowest BCUT2D eigenvalue weighted by atomic mass is 9.96. The molecule has 1 unspecified atom stereocenters. The summed E-state index contributed by atoms with van der Waals surface area (Å²) in [5.41, 5.74) is 4.67. The van der Waals surface area contributed by atoms with Crippen molar-refractivity contribution in [1.82, 2.24) is 0 Å². The first kappa shape index (κ1) is 18.4. The van der Waals surface area contributed by atoms with Crippen molar-refractivity contribution in [1.29, 1.82) is 0 Å². The normalized spacial score (nSPS) is 11.5. The number of aliphatic hydroxyl groups is 2. The Morgan fingerprint density at radius 2 is 1.50 bits per heavy atom. The van der Waals surface area contributed by atoms with Crippen molar-refractivity contribution in [2.24, 2.45) is 0 Å². The molecule has 0 fully saturated rings. The third kappa shape index (κ3) is 6.42. The average Bonchev–Trinajstić information content (AvgIpc) is 2.53. The molecule has 0 aliphatic carbocycles. The van der Waals surface area contributed by atoms with Gasteiger partial charge in [0, 0.05) is 12.5 Å². The number of aryl methyl sites for hydroxylation is 2. The quantitative estimate of drug-likeness (QED) is 0.861. The van der Waals surface area contributed by atoms with Gasteiger partial charge in [0.1, 0.15) is 0 Å². The Balaban J connectivity index is 0.000000224. The summed E-state index contributed by atoms with van der Waals surface area (Å²) in [4.78, 5) is 0. The molecule has 2 rings (SSSR count). The summed E-state index contributed by atoms with van der Waals surface area (Å²) in [6.07, 6.45) is 2.20. The highest BCUT2D eigenvalue weighted by atomic mass is 16.3. The Morgan fingerprint density at radius 1 is 0.909 bits per heavy atom. The molecule has 2 N–H and O–H groups in total. The fourth-order valence-corrected chi connectivity index (χ4v) is 2.60. The Morgan fingerprint density at radius 3 is 1.95 bits per heavy atom. The zero-order valence-corrected chi connectivity index (χ0v) is 13.9. The second-order valence-corrected chi connectivity index (χ2v) is 5.73. The van der Waals surface area contributed by atoms with Gasteiger partial charge in [0.2, 0.25) is 0 Å². The van der Waals surface area contributed by atoms with Gasteiger partial charge in [0.05, 0.1) is 6.61 Å². The van der Waals surface area contributed by atoms with Gasteiger partial charge >= 0.3 is 0 Å². The number of aliphatic hydroxyl groups excluding tert-OH is 2. The number of hydrogen-bond donors (Lipinski definition) is 2. The Labute approximate surface area is 134 Å². The lowest BCUT2D eigenvalue weighted by Crippen LogP contribution is -2.02. The average molecular weight is 300 g/mol. The molecule has 2 aromatic rings. The third-order valence-corrected chi connectivity index (χ3v) is 3.59. The van der Waals surface area contributed by atoms with Gasteiger partial charge in [-0.25, -0.2) is 0 Å². The molecule has 2 heteroatoms. The summed E-state index contributed by atoms with van der Waals surface area (Å²) in [6, 6.07) is 16.3. The van der Waals surface area contributed by atoms with Crippen molar-refractivity contribution in [3.63, 3.8) is 0 Å². The molecule has 0 aliphatic heterocycles. The zero-order valence-electron chi connectivity index (χ0n) is 13.9. The van der Waals surface area contributed by atoms with E-state index in [0.29, 0.717) is 5.92 Å². The van der Waals surface area contributed by atoms with Crippen LogP contribution in [0, 0.1) is 13.8 Å². The summed E-state index contributed by atoms with van der Waals surface area (Å²) >= 11 is 0. The van der Waals surface area contributed by atoms with Gasteiger partial charge in [-0.1, -0.05) is 73.0 Å². The molecule has 0 saturated heterocycles. The number of benzene rings is 2.